The Morgan fingerprint density at radius 2 is 1.52 bits per heavy atom. The fraction of sp³-hybridized carbons (Fsp3) is 0.500. The SMILES string of the molecule is COC1CCN(S(=O)(=O)c2ccc(S(=O)(=O)F)cc2)CC1. The van der Waals surface area contributed by atoms with Gasteiger partial charge in [-0.1, -0.05) is 0 Å². The van der Waals surface area contributed by atoms with Crippen LogP contribution in [0.1, 0.15) is 12.8 Å². The third-order valence-corrected chi connectivity index (χ3v) is 6.23. The molecular formula is C12H16FNO5S2. The zero-order valence-corrected chi connectivity index (χ0v) is 13.0. The third kappa shape index (κ3) is 3.60. The quantitative estimate of drug-likeness (QED) is 0.770. The number of halogens is 1. The van der Waals surface area contributed by atoms with Crippen molar-refractivity contribution in [3.63, 3.8) is 0 Å². The van der Waals surface area contributed by atoms with Gasteiger partial charge in [-0.25, -0.2) is 8.42 Å². The molecule has 1 saturated heterocycles. The van der Waals surface area contributed by atoms with E-state index in [0.29, 0.717) is 25.9 Å². The van der Waals surface area contributed by atoms with Crippen molar-refractivity contribution >= 4 is 20.2 Å². The van der Waals surface area contributed by atoms with Crippen LogP contribution in [0.5, 0.6) is 0 Å². The number of ether oxygens (including phenoxy) is 1. The monoisotopic (exact) mass is 337 g/mol. The standard InChI is InChI=1S/C12H16FNO5S2/c1-19-10-6-8-14(9-7-10)21(17,18)12-4-2-11(3-5-12)20(13,15)16/h2-5,10H,6-9H2,1H3. The summed E-state index contributed by atoms with van der Waals surface area (Å²) in [7, 11) is -6.93. The van der Waals surface area contributed by atoms with Crippen LogP contribution in [0, 0.1) is 0 Å². The minimum absolute atomic E-state index is 0.0502. The molecule has 1 aromatic carbocycles. The normalized spacial score (nSPS) is 18.8. The van der Waals surface area contributed by atoms with Crippen molar-refractivity contribution in [1.29, 1.82) is 0 Å². The molecule has 2 rings (SSSR count). The Hall–Kier alpha value is -1.03. The molecule has 0 bridgehead atoms. The van der Waals surface area contributed by atoms with Crippen molar-refractivity contribution in [1.82, 2.24) is 4.31 Å². The molecule has 1 fully saturated rings. The minimum Gasteiger partial charge on any atom is -0.381 e. The Morgan fingerprint density at radius 1 is 1.05 bits per heavy atom. The van der Waals surface area contributed by atoms with Gasteiger partial charge < -0.3 is 4.74 Å². The van der Waals surface area contributed by atoms with Gasteiger partial charge in [0.05, 0.1) is 15.9 Å². The molecule has 6 nitrogen and oxygen atoms in total. The third-order valence-electron chi connectivity index (χ3n) is 3.48. The molecule has 1 heterocycles. The fourth-order valence-corrected chi connectivity index (χ4v) is 4.16. The summed E-state index contributed by atoms with van der Waals surface area (Å²) in [5.74, 6) is 0. The molecule has 0 unspecified atom stereocenters. The van der Waals surface area contributed by atoms with Crippen LogP contribution in [0.15, 0.2) is 34.1 Å². The second-order valence-electron chi connectivity index (χ2n) is 4.75. The molecule has 1 aliphatic heterocycles. The van der Waals surface area contributed by atoms with E-state index in [0.717, 1.165) is 24.3 Å². The van der Waals surface area contributed by atoms with Crippen LogP contribution >= 0.6 is 0 Å². The predicted molar refractivity (Wildman–Crippen MR) is 73.5 cm³/mol. The molecule has 118 valence electrons. The number of nitrogens with zero attached hydrogens (tertiary/aromatic N) is 1. The van der Waals surface area contributed by atoms with Crippen LogP contribution in [0.4, 0.5) is 3.89 Å². The van der Waals surface area contributed by atoms with Crippen molar-refractivity contribution in [2.24, 2.45) is 0 Å². The van der Waals surface area contributed by atoms with E-state index in [4.69, 9.17) is 4.74 Å². The fourth-order valence-electron chi connectivity index (χ4n) is 2.23. The maximum atomic E-state index is 12.8. The van der Waals surface area contributed by atoms with Gasteiger partial charge in [0, 0.05) is 20.2 Å². The summed E-state index contributed by atoms with van der Waals surface area (Å²) in [6, 6.07) is 4.10. The van der Waals surface area contributed by atoms with Gasteiger partial charge in [0.15, 0.2) is 0 Å². The Labute approximate surface area is 123 Å². The number of rotatable bonds is 4. The van der Waals surface area contributed by atoms with E-state index in [2.05, 4.69) is 0 Å². The summed E-state index contributed by atoms with van der Waals surface area (Å²) in [5.41, 5.74) is 0. The summed E-state index contributed by atoms with van der Waals surface area (Å²) >= 11 is 0. The summed E-state index contributed by atoms with van der Waals surface area (Å²) in [5, 5.41) is 0. The van der Waals surface area contributed by atoms with Crippen molar-refractivity contribution in [2.75, 3.05) is 20.2 Å². The van der Waals surface area contributed by atoms with Crippen molar-refractivity contribution in [3.05, 3.63) is 24.3 Å². The van der Waals surface area contributed by atoms with Crippen molar-refractivity contribution in [3.8, 4) is 0 Å². The van der Waals surface area contributed by atoms with Crippen LogP contribution < -0.4 is 0 Å². The molecule has 1 aromatic rings. The Kier molecular flexibility index (Phi) is 4.66. The molecule has 1 aliphatic rings. The van der Waals surface area contributed by atoms with E-state index in [1.165, 1.54) is 4.31 Å². The molecule has 0 aliphatic carbocycles. The predicted octanol–water partition coefficient (Wildman–Crippen LogP) is 1.14. The Balaban J connectivity index is 2.21. The van der Waals surface area contributed by atoms with Gasteiger partial charge >= 0.3 is 10.2 Å². The zero-order valence-electron chi connectivity index (χ0n) is 11.4. The van der Waals surface area contributed by atoms with Gasteiger partial charge in [0.25, 0.3) is 0 Å². The van der Waals surface area contributed by atoms with Crippen LogP contribution in [0.25, 0.3) is 0 Å². The first-order chi connectivity index (χ1) is 9.75. The van der Waals surface area contributed by atoms with Crippen molar-refractivity contribution < 1.29 is 25.5 Å². The largest absolute Gasteiger partial charge is 0.381 e. The molecular weight excluding hydrogens is 321 g/mol. The Morgan fingerprint density at radius 3 is 1.95 bits per heavy atom. The van der Waals surface area contributed by atoms with E-state index in [1.54, 1.807) is 7.11 Å². The lowest BCUT2D eigenvalue weighted by atomic mass is 10.1. The average molecular weight is 337 g/mol. The summed E-state index contributed by atoms with van der Waals surface area (Å²) in [6.45, 7) is 0.675. The van der Waals surface area contributed by atoms with Crippen LogP contribution in [0.2, 0.25) is 0 Å². The summed E-state index contributed by atoms with van der Waals surface area (Å²) in [6.07, 6.45) is 1.26. The smallest absolute Gasteiger partial charge is 0.332 e. The van der Waals surface area contributed by atoms with Gasteiger partial charge in [-0.05, 0) is 37.1 Å². The zero-order chi connectivity index (χ0) is 15.7. The van der Waals surface area contributed by atoms with E-state index in [-0.39, 0.29) is 11.0 Å². The highest BCUT2D eigenvalue weighted by Gasteiger charge is 2.29. The number of sulfonamides is 1. The Bertz CT molecular complexity index is 692. The maximum absolute atomic E-state index is 12.8. The minimum atomic E-state index is -4.83. The highest BCUT2D eigenvalue weighted by molar-refractivity contribution is 7.89. The molecule has 0 spiro atoms. The molecule has 0 aromatic heterocycles. The maximum Gasteiger partial charge on any atom is 0.332 e. The molecule has 0 saturated carbocycles. The lowest BCUT2D eigenvalue weighted by molar-refractivity contribution is 0.0604. The number of hydrogen-bond acceptors (Lipinski definition) is 5. The number of methoxy groups -OCH3 is 1. The lowest BCUT2D eigenvalue weighted by Crippen LogP contribution is -2.40. The van der Waals surface area contributed by atoms with Crippen LogP contribution in [-0.2, 0) is 25.0 Å². The van der Waals surface area contributed by atoms with Gasteiger partial charge in [-0.3, -0.25) is 0 Å². The highest BCUT2D eigenvalue weighted by atomic mass is 32.3. The second kappa shape index (κ2) is 5.99. The van der Waals surface area contributed by atoms with Crippen LogP contribution in [0.3, 0.4) is 0 Å². The van der Waals surface area contributed by atoms with E-state index < -0.39 is 25.1 Å². The first-order valence-electron chi connectivity index (χ1n) is 6.33. The van der Waals surface area contributed by atoms with Crippen LogP contribution in [-0.4, -0.2) is 47.4 Å². The highest BCUT2D eigenvalue weighted by Crippen LogP contribution is 2.23. The van der Waals surface area contributed by atoms with Gasteiger partial charge in [-0.2, -0.15) is 12.7 Å². The van der Waals surface area contributed by atoms with Gasteiger partial charge in [-0.15, -0.1) is 3.89 Å². The average Bonchev–Trinajstić information content (AvgIpc) is 2.46. The second-order valence-corrected chi connectivity index (χ2v) is 8.03. The number of piperidine rings is 1. The first kappa shape index (κ1) is 16.3. The molecule has 21 heavy (non-hydrogen) atoms. The topological polar surface area (TPSA) is 80.8 Å². The number of hydrogen-bond donors (Lipinski definition) is 0. The molecule has 0 N–H and O–H groups in total. The van der Waals surface area contributed by atoms with Crippen molar-refractivity contribution in [2.45, 2.75) is 28.7 Å². The van der Waals surface area contributed by atoms with E-state index in [9.17, 15) is 20.7 Å². The van der Waals surface area contributed by atoms with E-state index in [1.807, 2.05) is 0 Å². The summed E-state index contributed by atoms with van der Waals surface area (Å²) in [4.78, 5) is -0.606. The lowest BCUT2D eigenvalue weighted by Gasteiger charge is -2.30. The molecule has 0 radical (unpaired) electrons. The molecule has 0 amide bonds. The number of benzene rings is 1. The molecule has 9 heteroatoms. The summed E-state index contributed by atoms with van der Waals surface area (Å²) < 4.78 is 65.5. The van der Waals surface area contributed by atoms with Gasteiger partial charge in [0.1, 0.15) is 0 Å². The first-order valence-corrected chi connectivity index (χ1v) is 9.15. The van der Waals surface area contributed by atoms with E-state index >= 15 is 0 Å². The molecule has 0 atom stereocenters. The van der Waals surface area contributed by atoms with Gasteiger partial charge in [0.2, 0.25) is 10.0 Å².